The third kappa shape index (κ3) is 3.76. The zero-order chi connectivity index (χ0) is 21.4. The van der Waals surface area contributed by atoms with Gasteiger partial charge in [0.15, 0.2) is 5.78 Å². The normalized spacial score (nSPS) is 16.1. The van der Waals surface area contributed by atoms with Crippen molar-refractivity contribution >= 4 is 37.5 Å². The van der Waals surface area contributed by atoms with Gasteiger partial charge in [-0.3, -0.25) is 9.69 Å². The first kappa shape index (κ1) is 19.9. The highest BCUT2D eigenvalue weighted by Crippen LogP contribution is 2.23. The zero-order valence-corrected chi connectivity index (χ0v) is 17.8. The number of rotatable bonds is 5. The van der Waals surface area contributed by atoms with E-state index in [4.69, 9.17) is 0 Å². The number of Topliss-reactive ketones (excluding diaryl/α,β-unsaturated/α-hetero) is 1. The Morgan fingerprint density at radius 3 is 2.39 bits per heavy atom. The lowest BCUT2D eigenvalue weighted by Crippen LogP contribution is -2.49. The first-order valence-electron chi connectivity index (χ1n) is 10.3. The van der Waals surface area contributed by atoms with Gasteiger partial charge in [-0.1, -0.05) is 48.5 Å². The molecule has 1 aliphatic heterocycles. The molecule has 1 fully saturated rings. The zero-order valence-electron chi connectivity index (χ0n) is 17.0. The number of para-hydroxylation sites is 1. The van der Waals surface area contributed by atoms with Crippen LogP contribution in [0.5, 0.6) is 0 Å². The summed E-state index contributed by atoms with van der Waals surface area (Å²) in [4.78, 5) is 18.3. The number of aromatic nitrogens is 1. The van der Waals surface area contributed by atoms with Crippen LogP contribution < -0.4 is 0 Å². The molecule has 3 aromatic carbocycles. The summed E-state index contributed by atoms with van der Waals surface area (Å²) in [5, 5.41) is 2.85. The number of nitrogens with zero attached hydrogens (tertiary/aromatic N) is 2. The number of carbonyl (C=O) groups excluding carboxylic acids is 1. The van der Waals surface area contributed by atoms with Crippen LogP contribution in [0.2, 0.25) is 0 Å². The van der Waals surface area contributed by atoms with Crippen molar-refractivity contribution in [2.24, 2.45) is 0 Å². The van der Waals surface area contributed by atoms with Gasteiger partial charge in [0.2, 0.25) is 10.0 Å². The van der Waals surface area contributed by atoms with Gasteiger partial charge in [0, 0.05) is 48.8 Å². The third-order valence-electron chi connectivity index (χ3n) is 5.95. The summed E-state index contributed by atoms with van der Waals surface area (Å²) in [6, 6.07) is 20.7. The first-order valence-corrected chi connectivity index (χ1v) is 11.8. The Labute approximate surface area is 181 Å². The summed E-state index contributed by atoms with van der Waals surface area (Å²) in [6.07, 6.45) is 1.76. The standard InChI is InChI=1S/C24H23N3O3S/c28-24(22-16-25-23-8-4-3-7-21(22)23)17-26-11-13-27(14-12-26)31(29,30)20-10-9-18-5-1-2-6-19(18)15-20/h1-10,15-16,25H,11-14,17H2. The van der Waals surface area contributed by atoms with Gasteiger partial charge < -0.3 is 4.98 Å². The largest absolute Gasteiger partial charge is 0.360 e. The number of piperazine rings is 1. The molecular weight excluding hydrogens is 410 g/mol. The molecule has 0 radical (unpaired) electrons. The molecule has 7 heteroatoms. The minimum absolute atomic E-state index is 0.0447. The van der Waals surface area contributed by atoms with Gasteiger partial charge in [0.25, 0.3) is 0 Å². The smallest absolute Gasteiger partial charge is 0.243 e. The summed E-state index contributed by atoms with van der Waals surface area (Å²) in [7, 11) is -3.56. The second-order valence-electron chi connectivity index (χ2n) is 7.86. The molecule has 0 amide bonds. The maximum atomic E-state index is 13.1. The molecule has 1 aromatic heterocycles. The van der Waals surface area contributed by atoms with Gasteiger partial charge >= 0.3 is 0 Å². The monoisotopic (exact) mass is 433 g/mol. The van der Waals surface area contributed by atoms with Crippen LogP contribution in [-0.2, 0) is 10.0 Å². The molecule has 4 aromatic rings. The van der Waals surface area contributed by atoms with Crippen molar-refractivity contribution in [1.29, 1.82) is 0 Å². The van der Waals surface area contributed by atoms with E-state index in [-0.39, 0.29) is 12.3 Å². The van der Waals surface area contributed by atoms with Crippen molar-refractivity contribution in [2.75, 3.05) is 32.7 Å². The lowest BCUT2D eigenvalue weighted by atomic mass is 10.1. The van der Waals surface area contributed by atoms with E-state index >= 15 is 0 Å². The second kappa shape index (κ2) is 7.92. The van der Waals surface area contributed by atoms with Gasteiger partial charge in [-0.2, -0.15) is 4.31 Å². The summed E-state index contributed by atoms with van der Waals surface area (Å²) in [5.41, 5.74) is 1.62. The third-order valence-corrected chi connectivity index (χ3v) is 7.84. The van der Waals surface area contributed by atoms with Crippen LogP contribution >= 0.6 is 0 Å². The van der Waals surface area contributed by atoms with Crippen molar-refractivity contribution in [3.8, 4) is 0 Å². The first-order chi connectivity index (χ1) is 15.0. The summed E-state index contributed by atoms with van der Waals surface area (Å²) < 4.78 is 27.8. The van der Waals surface area contributed by atoms with Gasteiger partial charge in [-0.05, 0) is 29.0 Å². The van der Waals surface area contributed by atoms with E-state index in [1.54, 1.807) is 18.3 Å². The van der Waals surface area contributed by atoms with Crippen LogP contribution in [0.25, 0.3) is 21.7 Å². The number of H-pyrrole nitrogens is 1. The number of ketones is 1. The fraction of sp³-hybridized carbons (Fsp3) is 0.208. The van der Waals surface area contributed by atoms with Crippen molar-refractivity contribution in [2.45, 2.75) is 4.90 Å². The molecule has 6 nitrogen and oxygen atoms in total. The van der Waals surface area contributed by atoms with E-state index in [9.17, 15) is 13.2 Å². The van der Waals surface area contributed by atoms with Gasteiger partial charge in [-0.25, -0.2) is 8.42 Å². The Morgan fingerprint density at radius 1 is 0.871 bits per heavy atom. The Bertz CT molecular complexity index is 1370. The Balaban J connectivity index is 1.26. The molecule has 5 rings (SSSR count). The predicted molar refractivity (Wildman–Crippen MR) is 122 cm³/mol. The topological polar surface area (TPSA) is 73.5 Å². The molecule has 0 aliphatic carbocycles. The van der Waals surface area contributed by atoms with Gasteiger partial charge in [0.05, 0.1) is 11.4 Å². The van der Waals surface area contributed by atoms with E-state index < -0.39 is 10.0 Å². The number of benzene rings is 3. The van der Waals surface area contributed by atoms with Crippen LogP contribution in [0, 0.1) is 0 Å². The van der Waals surface area contributed by atoms with Gasteiger partial charge in [0.1, 0.15) is 0 Å². The summed E-state index contributed by atoms with van der Waals surface area (Å²) >= 11 is 0. The molecule has 0 atom stereocenters. The molecule has 1 saturated heterocycles. The van der Waals surface area contributed by atoms with Crippen molar-refractivity contribution in [3.63, 3.8) is 0 Å². The minimum Gasteiger partial charge on any atom is -0.360 e. The number of aromatic amines is 1. The maximum Gasteiger partial charge on any atom is 0.243 e. The number of carbonyl (C=O) groups is 1. The van der Waals surface area contributed by atoms with Crippen LogP contribution in [0.4, 0.5) is 0 Å². The molecule has 0 bridgehead atoms. The fourth-order valence-electron chi connectivity index (χ4n) is 4.20. The highest BCUT2D eigenvalue weighted by molar-refractivity contribution is 7.89. The van der Waals surface area contributed by atoms with Crippen molar-refractivity contribution in [1.82, 2.24) is 14.2 Å². The predicted octanol–water partition coefficient (Wildman–Crippen LogP) is 3.51. The quantitative estimate of drug-likeness (QED) is 0.489. The number of fused-ring (bicyclic) bond motifs is 2. The lowest BCUT2D eigenvalue weighted by Gasteiger charge is -2.33. The average Bonchev–Trinajstić information content (AvgIpc) is 3.23. The minimum atomic E-state index is -3.56. The Hall–Kier alpha value is -3.00. The number of hydrogen-bond acceptors (Lipinski definition) is 4. The van der Waals surface area contributed by atoms with Crippen molar-refractivity contribution in [3.05, 3.63) is 78.5 Å². The van der Waals surface area contributed by atoms with E-state index in [2.05, 4.69) is 4.98 Å². The lowest BCUT2D eigenvalue weighted by molar-refractivity contribution is 0.0903. The average molecular weight is 434 g/mol. The van der Waals surface area contributed by atoms with E-state index in [0.29, 0.717) is 36.6 Å². The van der Waals surface area contributed by atoms with E-state index in [0.717, 1.165) is 21.7 Å². The molecule has 0 unspecified atom stereocenters. The molecule has 0 spiro atoms. The highest BCUT2D eigenvalue weighted by atomic mass is 32.2. The van der Waals surface area contributed by atoms with Crippen LogP contribution in [-0.4, -0.2) is 61.1 Å². The molecule has 1 N–H and O–H groups in total. The molecule has 31 heavy (non-hydrogen) atoms. The number of nitrogens with one attached hydrogen (secondary N) is 1. The molecule has 2 heterocycles. The van der Waals surface area contributed by atoms with E-state index in [1.807, 2.05) is 59.5 Å². The van der Waals surface area contributed by atoms with Crippen molar-refractivity contribution < 1.29 is 13.2 Å². The Morgan fingerprint density at radius 2 is 1.58 bits per heavy atom. The van der Waals surface area contributed by atoms with Crippen LogP contribution in [0.3, 0.4) is 0 Å². The SMILES string of the molecule is O=C(CN1CCN(S(=O)(=O)c2ccc3ccccc3c2)CC1)c1c[nH]c2ccccc12. The highest BCUT2D eigenvalue weighted by Gasteiger charge is 2.29. The number of hydrogen-bond donors (Lipinski definition) is 1. The van der Waals surface area contributed by atoms with Crippen LogP contribution in [0.1, 0.15) is 10.4 Å². The second-order valence-corrected chi connectivity index (χ2v) is 9.80. The molecule has 0 saturated carbocycles. The maximum absolute atomic E-state index is 13.1. The van der Waals surface area contributed by atoms with E-state index in [1.165, 1.54) is 4.31 Å². The Kier molecular flexibility index (Phi) is 5.09. The van der Waals surface area contributed by atoms with Crippen LogP contribution in [0.15, 0.2) is 77.8 Å². The molecule has 158 valence electrons. The molecular formula is C24H23N3O3S. The number of sulfonamides is 1. The summed E-state index contributed by atoms with van der Waals surface area (Å²) in [6.45, 7) is 2.08. The van der Waals surface area contributed by atoms with Gasteiger partial charge in [-0.15, -0.1) is 0 Å². The summed E-state index contributed by atoms with van der Waals surface area (Å²) in [5.74, 6) is 0.0447. The fourth-order valence-corrected chi connectivity index (χ4v) is 5.65. The molecule has 1 aliphatic rings.